The van der Waals surface area contributed by atoms with E-state index in [1.807, 2.05) is 65.0 Å². The smallest absolute Gasteiger partial charge is 0.248 e. The number of rotatable bonds is 9. The third kappa shape index (κ3) is 5.86. The summed E-state index contributed by atoms with van der Waals surface area (Å²) in [5, 5.41) is 5.85. The van der Waals surface area contributed by atoms with Crippen LogP contribution in [0.4, 0.5) is 5.82 Å². The fraction of sp³-hybridized carbons (Fsp3) is 0.400. The summed E-state index contributed by atoms with van der Waals surface area (Å²) in [5.74, 6) is 1.81. The Labute approximate surface area is 224 Å². The minimum atomic E-state index is 0.0346. The third-order valence-electron chi connectivity index (χ3n) is 6.97. The first kappa shape index (κ1) is 25.9. The van der Waals surface area contributed by atoms with Crippen molar-refractivity contribution in [2.45, 2.75) is 46.1 Å². The molecule has 38 heavy (non-hydrogen) atoms. The molecule has 0 atom stereocenters. The van der Waals surface area contributed by atoms with E-state index in [9.17, 15) is 4.79 Å². The summed E-state index contributed by atoms with van der Waals surface area (Å²) < 4.78 is 7.66. The van der Waals surface area contributed by atoms with E-state index in [1.165, 1.54) is 0 Å². The SMILES string of the molecule is CCCCc1nc(N2CCCN(C(=O)COCc3ccccc3)CC2)c2c(C)nn(-c3ccccc3)c2n1. The number of carbonyl (C=O) groups is 1. The molecule has 2 aromatic heterocycles. The van der Waals surface area contributed by atoms with Gasteiger partial charge in [-0.15, -0.1) is 0 Å². The summed E-state index contributed by atoms with van der Waals surface area (Å²) in [6.45, 7) is 7.62. The standard InChI is InChI=1S/C30H36N6O2/c1-3-4-16-26-31-29(28-23(2)33-36(30(28)32-26)25-14-9-6-10-15-25)35-18-11-17-34(19-20-35)27(37)22-38-21-24-12-7-5-8-13-24/h5-10,12-15H,3-4,11,16-22H2,1-2H3. The minimum absolute atomic E-state index is 0.0346. The number of benzene rings is 2. The molecule has 198 valence electrons. The molecule has 2 aromatic carbocycles. The van der Waals surface area contributed by atoms with E-state index in [-0.39, 0.29) is 12.5 Å². The molecule has 1 amide bonds. The number of nitrogens with zero attached hydrogens (tertiary/aromatic N) is 6. The van der Waals surface area contributed by atoms with Crippen LogP contribution in [-0.4, -0.2) is 63.3 Å². The normalized spacial score (nSPS) is 14.2. The number of aryl methyl sites for hydroxylation is 2. The number of carbonyl (C=O) groups excluding carboxylic acids is 1. The van der Waals surface area contributed by atoms with Crippen molar-refractivity contribution in [2.75, 3.05) is 37.7 Å². The Morgan fingerprint density at radius 3 is 2.47 bits per heavy atom. The number of ether oxygens (including phenoxy) is 1. The molecule has 1 aliphatic heterocycles. The topological polar surface area (TPSA) is 76.4 Å². The molecule has 4 aromatic rings. The summed E-state index contributed by atoms with van der Waals surface area (Å²) in [6, 6.07) is 20.1. The molecule has 0 bridgehead atoms. The van der Waals surface area contributed by atoms with Gasteiger partial charge < -0.3 is 14.5 Å². The number of fused-ring (bicyclic) bond motifs is 1. The molecular weight excluding hydrogens is 476 g/mol. The van der Waals surface area contributed by atoms with Gasteiger partial charge in [0.2, 0.25) is 5.91 Å². The number of hydrogen-bond donors (Lipinski definition) is 0. The molecule has 5 rings (SSSR count). The van der Waals surface area contributed by atoms with Gasteiger partial charge in [0.25, 0.3) is 0 Å². The van der Waals surface area contributed by atoms with Crippen LogP contribution in [0.1, 0.15) is 43.3 Å². The van der Waals surface area contributed by atoms with Gasteiger partial charge >= 0.3 is 0 Å². The monoisotopic (exact) mass is 512 g/mol. The van der Waals surface area contributed by atoms with E-state index in [1.54, 1.807) is 0 Å². The second kappa shape index (κ2) is 12.2. The second-order valence-corrected chi connectivity index (χ2v) is 9.80. The van der Waals surface area contributed by atoms with Crippen molar-refractivity contribution in [3.8, 4) is 5.69 Å². The molecule has 0 N–H and O–H groups in total. The summed E-state index contributed by atoms with van der Waals surface area (Å²) >= 11 is 0. The molecular formula is C30H36N6O2. The highest BCUT2D eigenvalue weighted by Crippen LogP contribution is 2.30. The van der Waals surface area contributed by atoms with Crippen molar-refractivity contribution in [3.05, 3.63) is 77.7 Å². The highest BCUT2D eigenvalue weighted by atomic mass is 16.5. The molecule has 8 heteroatoms. The van der Waals surface area contributed by atoms with Crippen LogP contribution in [0.25, 0.3) is 16.7 Å². The Morgan fingerprint density at radius 2 is 1.71 bits per heavy atom. The van der Waals surface area contributed by atoms with Crippen LogP contribution in [0.2, 0.25) is 0 Å². The molecule has 0 radical (unpaired) electrons. The highest BCUT2D eigenvalue weighted by molar-refractivity contribution is 5.91. The maximum Gasteiger partial charge on any atom is 0.248 e. The molecule has 0 aliphatic carbocycles. The molecule has 1 fully saturated rings. The van der Waals surface area contributed by atoms with E-state index in [4.69, 9.17) is 19.8 Å². The fourth-order valence-corrected chi connectivity index (χ4v) is 4.93. The van der Waals surface area contributed by atoms with Crippen molar-refractivity contribution in [1.82, 2.24) is 24.6 Å². The van der Waals surface area contributed by atoms with E-state index in [0.29, 0.717) is 26.2 Å². The van der Waals surface area contributed by atoms with Gasteiger partial charge in [-0.05, 0) is 37.5 Å². The number of unbranched alkanes of at least 4 members (excludes halogenated alkanes) is 1. The Balaban J connectivity index is 1.35. The van der Waals surface area contributed by atoms with Gasteiger partial charge in [-0.2, -0.15) is 5.10 Å². The van der Waals surface area contributed by atoms with Crippen molar-refractivity contribution in [3.63, 3.8) is 0 Å². The Morgan fingerprint density at radius 1 is 0.947 bits per heavy atom. The quantitative estimate of drug-likeness (QED) is 0.323. The zero-order valence-electron chi connectivity index (χ0n) is 22.3. The maximum absolute atomic E-state index is 12.9. The molecule has 0 spiro atoms. The van der Waals surface area contributed by atoms with Crippen LogP contribution in [0.5, 0.6) is 0 Å². The molecule has 3 heterocycles. The maximum atomic E-state index is 12.9. The largest absolute Gasteiger partial charge is 0.367 e. The van der Waals surface area contributed by atoms with Gasteiger partial charge in [0.05, 0.1) is 23.4 Å². The number of anilines is 1. The fourth-order valence-electron chi connectivity index (χ4n) is 4.93. The predicted octanol–water partition coefficient (Wildman–Crippen LogP) is 4.72. The van der Waals surface area contributed by atoms with Gasteiger partial charge in [0.15, 0.2) is 5.65 Å². The highest BCUT2D eigenvalue weighted by Gasteiger charge is 2.25. The van der Waals surface area contributed by atoms with Gasteiger partial charge in [0.1, 0.15) is 18.2 Å². The first-order chi connectivity index (χ1) is 18.6. The minimum Gasteiger partial charge on any atom is -0.367 e. The van der Waals surface area contributed by atoms with Gasteiger partial charge in [-0.1, -0.05) is 61.9 Å². The second-order valence-electron chi connectivity index (χ2n) is 9.80. The molecule has 1 aliphatic rings. The van der Waals surface area contributed by atoms with Crippen molar-refractivity contribution in [1.29, 1.82) is 0 Å². The van der Waals surface area contributed by atoms with E-state index in [0.717, 1.165) is 71.8 Å². The van der Waals surface area contributed by atoms with Crippen molar-refractivity contribution < 1.29 is 9.53 Å². The van der Waals surface area contributed by atoms with Gasteiger partial charge in [0, 0.05) is 32.6 Å². The van der Waals surface area contributed by atoms with Crippen LogP contribution in [0.15, 0.2) is 60.7 Å². The number of amides is 1. The summed E-state index contributed by atoms with van der Waals surface area (Å²) in [5.41, 5.74) is 3.81. The van der Waals surface area contributed by atoms with Crippen LogP contribution in [0.3, 0.4) is 0 Å². The lowest BCUT2D eigenvalue weighted by atomic mass is 10.2. The van der Waals surface area contributed by atoms with Crippen molar-refractivity contribution in [2.24, 2.45) is 0 Å². The summed E-state index contributed by atoms with van der Waals surface area (Å²) in [7, 11) is 0. The van der Waals surface area contributed by atoms with Crippen molar-refractivity contribution >= 4 is 22.8 Å². The lowest BCUT2D eigenvalue weighted by molar-refractivity contribution is -0.136. The van der Waals surface area contributed by atoms with E-state index in [2.05, 4.69) is 24.0 Å². The van der Waals surface area contributed by atoms with E-state index >= 15 is 0 Å². The first-order valence-corrected chi connectivity index (χ1v) is 13.6. The average molecular weight is 513 g/mol. The number of para-hydroxylation sites is 1. The molecule has 0 saturated carbocycles. The number of aromatic nitrogens is 4. The lowest BCUT2D eigenvalue weighted by Crippen LogP contribution is -2.37. The van der Waals surface area contributed by atoms with Crippen LogP contribution < -0.4 is 4.90 Å². The zero-order valence-corrected chi connectivity index (χ0v) is 22.3. The average Bonchev–Trinajstić information content (AvgIpc) is 3.11. The molecule has 8 nitrogen and oxygen atoms in total. The van der Waals surface area contributed by atoms with Gasteiger partial charge in [-0.25, -0.2) is 14.6 Å². The number of hydrogen-bond acceptors (Lipinski definition) is 6. The van der Waals surface area contributed by atoms with Crippen LogP contribution in [0, 0.1) is 6.92 Å². The summed E-state index contributed by atoms with van der Waals surface area (Å²) in [4.78, 5) is 27.2. The zero-order chi connectivity index (χ0) is 26.3. The van der Waals surface area contributed by atoms with E-state index < -0.39 is 0 Å². The third-order valence-corrected chi connectivity index (χ3v) is 6.97. The van der Waals surface area contributed by atoms with Gasteiger partial charge in [-0.3, -0.25) is 4.79 Å². The molecule has 1 saturated heterocycles. The van der Waals surface area contributed by atoms with Crippen LogP contribution in [-0.2, 0) is 22.6 Å². The Hall–Kier alpha value is -3.78. The predicted molar refractivity (Wildman–Crippen MR) is 150 cm³/mol. The Kier molecular flexibility index (Phi) is 8.28. The first-order valence-electron chi connectivity index (χ1n) is 13.6. The Bertz CT molecular complexity index is 1360. The molecule has 0 unspecified atom stereocenters. The van der Waals surface area contributed by atoms with Crippen LogP contribution >= 0.6 is 0 Å². The lowest BCUT2D eigenvalue weighted by Gasteiger charge is -2.24. The summed E-state index contributed by atoms with van der Waals surface area (Å²) in [6.07, 6.45) is 3.82.